The molecule has 0 unspecified atom stereocenters. The molecule has 29 heavy (non-hydrogen) atoms. The SMILES string of the molecule is Cc1nn(C)c(Cl)c1/C=C/C(=O)OCc1cccc(S(=O)(=O)N2CCOCC2)c1. The summed E-state index contributed by atoms with van der Waals surface area (Å²) in [6.45, 7) is 3.14. The number of hydrogen-bond donors (Lipinski definition) is 0. The smallest absolute Gasteiger partial charge is 0.331 e. The highest BCUT2D eigenvalue weighted by molar-refractivity contribution is 7.89. The van der Waals surface area contributed by atoms with E-state index in [1.54, 1.807) is 32.2 Å². The fourth-order valence-electron chi connectivity index (χ4n) is 2.92. The second-order valence-corrected chi connectivity index (χ2v) is 8.81. The molecule has 8 nitrogen and oxygen atoms in total. The van der Waals surface area contributed by atoms with Crippen LogP contribution >= 0.6 is 11.6 Å². The number of esters is 1. The van der Waals surface area contributed by atoms with E-state index in [9.17, 15) is 13.2 Å². The van der Waals surface area contributed by atoms with E-state index in [1.807, 2.05) is 0 Å². The first-order chi connectivity index (χ1) is 13.8. The Kier molecular flexibility index (Phi) is 6.74. The Labute approximate surface area is 174 Å². The molecule has 1 aliphatic rings. The van der Waals surface area contributed by atoms with Crippen molar-refractivity contribution in [1.29, 1.82) is 0 Å². The number of aryl methyl sites for hydroxylation is 2. The highest BCUT2D eigenvalue weighted by Crippen LogP contribution is 2.21. The van der Waals surface area contributed by atoms with Crippen LogP contribution in [-0.4, -0.2) is 54.8 Å². The molecule has 0 saturated carbocycles. The van der Waals surface area contributed by atoms with Crippen molar-refractivity contribution in [1.82, 2.24) is 14.1 Å². The molecular weight excluding hydrogens is 418 g/mol. The van der Waals surface area contributed by atoms with Gasteiger partial charge in [-0.25, -0.2) is 13.2 Å². The fraction of sp³-hybridized carbons (Fsp3) is 0.368. The molecule has 156 valence electrons. The Morgan fingerprint density at radius 1 is 1.34 bits per heavy atom. The molecule has 0 atom stereocenters. The van der Waals surface area contributed by atoms with E-state index in [0.29, 0.717) is 48.3 Å². The third-order valence-corrected chi connectivity index (χ3v) is 6.81. The normalized spacial score (nSPS) is 15.7. The van der Waals surface area contributed by atoms with Gasteiger partial charge in [0.05, 0.1) is 23.8 Å². The molecule has 0 aliphatic carbocycles. The van der Waals surface area contributed by atoms with Crippen molar-refractivity contribution < 1.29 is 22.7 Å². The molecule has 0 amide bonds. The number of rotatable bonds is 6. The summed E-state index contributed by atoms with van der Waals surface area (Å²) in [5.74, 6) is -0.564. The van der Waals surface area contributed by atoms with E-state index in [0.717, 1.165) is 0 Å². The predicted molar refractivity (Wildman–Crippen MR) is 108 cm³/mol. The van der Waals surface area contributed by atoms with Crippen LogP contribution in [0.2, 0.25) is 5.15 Å². The van der Waals surface area contributed by atoms with Crippen LogP contribution in [0.1, 0.15) is 16.8 Å². The van der Waals surface area contributed by atoms with Crippen molar-refractivity contribution in [3.8, 4) is 0 Å². The van der Waals surface area contributed by atoms with Crippen LogP contribution in [0.15, 0.2) is 35.2 Å². The van der Waals surface area contributed by atoms with Gasteiger partial charge in [0.1, 0.15) is 11.8 Å². The van der Waals surface area contributed by atoms with Crippen molar-refractivity contribution in [2.45, 2.75) is 18.4 Å². The van der Waals surface area contributed by atoms with E-state index in [1.165, 1.54) is 27.2 Å². The largest absolute Gasteiger partial charge is 0.458 e. The lowest BCUT2D eigenvalue weighted by molar-refractivity contribution is -0.138. The van der Waals surface area contributed by atoms with Gasteiger partial charge >= 0.3 is 5.97 Å². The molecule has 1 aliphatic heterocycles. The van der Waals surface area contributed by atoms with Gasteiger partial charge in [0.15, 0.2) is 0 Å². The molecular formula is C19H22ClN3O5S. The van der Waals surface area contributed by atoms with Crippen LogP contribution in [0, 0.1) is 6.92 Å². The molecule has 1 aromatic carbocycles. The maximum absolute atomic E-state index is 12.7. The van der Waals surface area contributed by atoms with E-state index < -0.39 is 16.0 Å². The van der Waals surface area contributed by atoms with Gasteiger partial charge in [0.2, 0.25) is 10.0 Å². The number of aromatic nitrogens is 2. The van der Waals surface area contributed by atoms with Gasteiger partial charge < -0.3 is 9.47 Å². The van der Waals surface area contributed by atoms with Gasteiger partial charge in [-0.15, -0.1) is 0 Å². The van der Waals surface area contributed by atoms with Crippen molar-refractivity contribution in [2.75, 3.05) is 26.3 Å². The lowest BCUT2D eigenvalue weighted by Gasteiger charge is -2.26. The van der Waals surface area contributed by atoms with Crippen LogP contribution in [0.3, 0.4) is 0 Å². The van der Waals surface area contributed by atoms with Crippen LogP contribution in [0.4, 0.5) is 0 Å². The standard InChI is InChI=1S/C19H22ClN3O5S/c1-14-17(19(20)22(2)21-14)6-7-18(24)28-13-15-4-3-5-16(12-15)29(25,26)23-8-10-27-11-9-23/h3-7,12H,8-11,13H2,1-2H3/b7-6+. The van der Waals surface area contributed by atoms with Crippen molar-refractivity contribution in [3.05, 3.63) is 52.3 Å². The van der Waals surface area contributed by atoms with Crippen LogP contribution in [0.5, 0.6) is 0 Å². The Morgan fingerprint density at radius 2 is 2.07 bits per heavy atom. The summed E-state index contributed by atoms with van der Waals surface area (Å²) in [7, 11) is -1.89. The maximum atomic E-state index is 12.7. The third kappa shape index (κ3) is 5.05. The monoisotopic (exact) mass is 439 g/mol. The Balaban J connectivity index is 1.64. The number of morpholine rings is 1. The average Bonchev–Trinajstić information content (AvgIpc) is 2.97. The van der Waals surface area contributed by atoms with Gasteiger partial charge in [-0.05, 0) is 30.7 Å². The lowest BCUT2D eigenvalue weighted by atomic mass is 10.2. The second-order valence-electron chi connectivity index (χ2n) is 6.52. The lowest BCUT2D eigenvalue weighted by Crippen LogP contribution is -2.40. The van der Waals surface area contributed by atoms with Crippen molar-refractivity contribution in [3.63, 3.8) is 0 Å². The van der Waals surface area contributed by atoms with Crippen molar-refractivity contribution in [2.24, 2.45) is 7.05 Å². The number of nitrogens with zero attached hydrogens (tertiary/aromatic N) is 3. The molecule has 2 heterocycles. The minimum absolute atomic E-state index is 0.0462. The zero-order valence-corrected chi connectivity index (χ0v) is 17.7. The van der Waals surface area contributed by atoms with Gasteiger partial charge in [-0.3, -0.25) is 4.68 Å². The summed E-state index contributed by atoms with van der Waals surface area (Å²) in [5, 5.41) is 4.59. The number of hydrogen-bond acceptors (Lipinski definition) is 6. The Bertz CT molecular complexity index is 1030. The number of halogens is 1. The molecule has 2 aromatic rings. The van der Waals surface area contributed by atoms with E-state index in [4.69, 9.17) is 21.1 Å². The third-order valence-electron chi connectivity index (χ3n) is 4.47. The summed E-state index contributed by atoms with van der Waals surface area (Å²) in [5.41, 5.74) is 1.92. The summed E-state index contributed by atoms with van der Waals surface area (Å²) >= 11 is 6.12. The van der Waals surface area contributed by atoms with Crippen LogP contribution < -0.4 is 0 Å². The fourth-order valence-corrected chi connectivity index (χ4v) is 4.64. The summed E-state index contributed by atoms with van der Waals surface area (Å²) in [6.07, 6.45) is 2.82. The van der Waals surface area contributed by atoms with Gasteiger partial charge in [-0.2, -0.15) is 9.40 Å². The van der Waals surface area contributed by atoms with E-state index >= 15 is 0 Å². The van der Waals surface area contributed by atoms with Crippen molar-refractivity contribution >= 4 is 33.7 Å². The average molecular weight is 440 g/mol. The number of carbonyl (C=O) groups is 1. The Morgan fingerprint density at radius 3 is 2.72 bits per heavy atom. The number of benzene rings is 1. The Hall–Kier alpha value is -2.20. The predicted octanol–water partition coefficient (Wildman–Crippen LogP) is 2.16. The molecule has 1 saturated heterocycles. The maximum Gasteiger partial charge on any atom is 0.331 e. The second kappa shape index (κ2) is 9.08. The molecule has 0 bridgehead atoms. The molecule has 1 aromatic heterocycles. The zero-order chi connectivity index (χ0) is 21.0. The molecule has 0 N–H and O–H groups in total. The van der Waals surface area contributed by atoms with Gasteiger partial charge in [-0.1, -0.05) is 23.7 Å². The summed E-state index contributed by atoms with van der Waals surface area (Å²) in [4.78, 5) is 12.2. The van der Waals surface area contributed by atoms with Crippen LogP contribution in [0.25, 0.3) is 6.08 Å². The number of sulfonamides is 1. The molecule has 10 heteroatoms. The molecule has 0 spiro atoms. The number of ether oxygens (including phenoxy) is 2. The summed E-state index contributed by atoms with van der Waals surface area (Å²) < 4.78 is 38.8. The highest BCUT2D eigenvalue weighted by atomic mass is 35.5. The van der Waals surface area contributed by atoms with Gasteiger partial charge in [0, 0.05) is 31.8 Å². The molecule has 0 radical (unpaired) electrons. The first-order valence-electron chi connectivity index (χ1n) is 9.00. The first kappa shape index (κ1) is 21.5. The minimum Gasteiger partial charge on any atom is -0.458 e. The minimum atomic E-state index is -3.60. The topological polar surface area (TPSA) is 90.7 Å². The molecule has 3 rings (SSSR count). The first-order valence-corrected chi connectivity index (χ1v) is 10.8. The van der Waals surface area contributed by atoms with Gasteiger partial charge in [0.25, 0.3) is 0 Å². The van der Waals surface area contributed by atoms with E-state index in [-0.39, 0.29) is 11.5 Å². The quantitative estimate of drug-likeness (QED) is 0.506. The summed E-state index contributed by atoms with van der Waals surface area (Å²) in [6, 6.07) is 6.38. The van der Waals surface area contributed by atoms with Crippen LogP contribution in [-0.2, 0) is 37.9 Å². The molecule has 1 fully saturated rings. The zero-order valence-electron chi connectivity index (χ0n) is 16.2. The van der Waals surface area contributed by atoms with E-state index in [2.05, 4.69) is 5.10 Å². The highest BCUT2D eigenvalue weighted by Gasteiger charge is 2.26. The number of carbonyl (C=O) groups excluding carboxylic acids is 1.